The zero-order valence-electron chi connectivity index (χ0n) is 15.8. The van der Waals surface area contributed by atoms with E-state index in [1.165, 1.54) is 13.5 Å². The zero-order chi connectivity index (χ0) is 18.9. The van der Waals surface area contributed by atoms with E-state index in [9.17, 15) is 8.78 Å². The summed E-state index contributed by atoms with van der Waals surface area (Å²) in [5.41, 5.74) is 6.76. The second-order valence-electron chi connectivity index (χ2n) is 6.19. The first-order valence-electron chi connectivity index (χ1n) is 8.93. The van der Waals surface area contributed by atoms with Crippen LogP contribution < -0.4 is 20.5 Å². The summed E-state index contributed by atoms with van der Waals surface area (Å²) in [5.74, 6) is 0.716. The molecule has 1 saturated heterocycles. The third-order valence-corrected chi connectivity index (χ3v) is 4.54. The van der Waals surface area contributed by atoms with Crippen molar-refractivity contribution in [3.63, 3.8) is 0 Å². The van der Waals surface area contributed by atoms with Gasteiger partial charge in [-0.25, -0.2) is 0 Å². The Morgan fingerprint density at radius 3 is 2.85 bits per heavy atom. The summed E-state index contributed by atoms with van der Waals surface area (Å²) in [4.78, 5) is 6.83. The summed E-state index contributed by atoms with van der Waals surface area (Å²) in [7, 11) is 1.41. The van der Waals surface area contributed by atoms with Gasteiger partial charge in [0.1, 0.15) is 0 Å². The highest BCUT2D eigenvalue weighted by Gasteiger charge is 2.22. The van der Waals surface area contributed by atoms with E-state index in [1.807, 2.05) is 6.07 Å². The predicted octanol–water partition coefficient (Wildman–Crippen LogP) is 2.85. The van der Waals surface area contributed by atoms with Gasteiger partial charge in [0.25, 0.3) is 0 Å². The smallest absolute Gasteiger partial charge is 0.387 e. The number of halogens is 3. The lowest BCUT2D eigenvalue weighted by molar-refractivity contribution is -0.0512. The molecule has 154 valence electrons. The van der Waals surface area contributed by atoms with Crippen LogP contribution >= 0.6 is 24.0 Å². The van der Waals surface area contributed by atoms with Gasteiger partial charge >= 0.3 is 6.61 Å². The summed E-state index contributed by atoms with van der Waals surface area (Å²) in [5, 5.41) is 3.07. The first kappa shape index (κ1) is 23.7. The third kappa shape index (κ3) is 7.65. The molecule has 27 heavy (non-hydrogen) atoms. The van der Waals surface area contributed by atoms with E-state index in [-0.39, 0.29) is 35.5 Å². The standard InChI is InChI=1S/C18H28F2N4O2.HI/c1-3-24-10-4-5-14(24)12-23-18(21)22-9-8-13-6-7-15(25-2)16(11-13)26-17(19)20;/h6-7,11,14,17H,3-5,8-10,12H2,1-2H3,(H3,21,22,23);1H. The van der Waals surface area contributed by atoms with Crippen molar-refractivity contribution in [2.45, 2.75) is 38.8 Å². The highest BCUT2D eigenvalue weighted by molar-refractivity contribution is 14.0. The molecule has 1 atom stereocenters. The number of aliphatic imine (C=N–C) groups is 1. The van der Waals surface area contributed by atoms with Crippen LogP contribution in [0, 0.1) is 0 Å². The number of benzene rings is 1. The SMILES string of the molecule is CCN1CCCC1CN=C(N)NCCc1ccc(OC)c(OC(F)F)c1.I. The van der Waals surface area contributed by atoms with Gasteiger partial charge in [0.2, 0.25) is 0 Å². The van der Waals surface area contributed by atoms with Gasteiger partial charge < -0.3 is 20.5 Å². The van der Waals surface area contributed by atoms with Crippen LogP contribution in [0.3, 0.4) is 0 Å². The lowest BCUT2D eigenvalue weighted by atomic mass is 10.1. The minimum absolute atomic E-state index is 0. The van der Waals surface area contributed by atoms with Crippen LogP contribution in [0.4, 0.5) is 8.78 Å². The quantitative estimate of drug-likeness (QED) is 0.312. The van der Waals surface area contributed by atoms with Crippen LogP contribution in [0.25, 0.3) is 0 Å². The van der Waals surface area contributed by atoms with Crippen LogP contribution in [-0.2, 0) is 6.42 Å². The number of nitrogens with two attached hydrogens (primary N) is 1. The molecule has 0 bridgehead atoms. The number of methoxy groups -OCH3 is 1. The van der Waals surface area contributed by atoms with Crippen LogP contribution in [0.5, 0.6) is 11.5 Å². The summed E-state index contributed by atoms with van der Waals surface area (Å²) in [6.07, 6.45) is 2.97. The topological polar surface area (TPSA) is 72.1 Å². The molecule has 0 spiro atoms. The van der Waals surface area contributed by atoms with Gasteiger partial charge in [0.15, 0.2) is 17.5 Å². The van der Waals surface area contributed by atoms with Gasteiger partial charge in [-0.2, -0.15) is 8.78 Å². The maximum atomic E-state index is 12.5. The van der Waals surface area contributed by atoms with E-state index < -0.39 is 6.61 Å². The fraction of sp³-hybridized carbons (Fsp3) is 0.611. The van der Waals surface area contributed by atoms with Crippen molar-refractivity contribution in [1.82, 2.24) is 10.2 Å². The molecule has 1 fully saturated rings. The van der Waals surface area contributed by atoms with Crippen LogP contribution in [-0.4, -0.2) is 56.8 Å². The molecule has 6 nitrogen and oxygen atoms in total. The second kappa shape index (κ2) is 12.2. The summed E-state index contributed by atoms with van der Waals surface area (Å²) >= 11 is 0. The third-order valence-electron chi connectivity index (χ3n) is 4.54. The van der Waals surface area contributed by atoms with Gasteiger partial charge in [-0.15, -0.1) is 24.0 Å². The zero-order valence-corrected chi connectivity index (χ0v) is 18.1. The highest BCUT2D eigenvalue weighted by Crippen LogP contribution is 2.29. The average Bonchev–Trinajstić information content (AvgIpc) is 3.07. The monoisotopic (exact) mass is 498 g/mol. The van der Waals surface area contributed by atoms with Gasteiger partial charge in [-0.3, -0.25) is 9.89 Å². The minimum atomic E-state index is -2.89. The lowest BCUT2D eigenvalue weighted by Gasteiger charge is -2.21. The Labute approximate surface area is 176 Å². The van der Waals surface area contributed by atoms with Crippen LogP contribution in [0.2, 0.25) is 0 Å². The molecule has 2 rings (SSSR count). The fourth-order valence-corrected chi connectivity index (χ4v) is 3.18. The Hall–Kier alpha value is -1.36. The summed E-state index contributed by atoms with van der Waals surface area (Å²) in [6, 6.07) is 5.45. The molecule has 1 aliphatic rings. The van der Waals surface area contributed by atoms with Crippen molar-refractivity contribution in [1.29, 1.82) is 0 Å². The van der Waals surface area contributed by atoms with E-state index in [4.69, 9.17) is 10.5 Å². The molecule has 1 unspecified atom stereocenters. The molecule has 1 heterocycles. The van der Waals surface area contributed by atoms with E-state index in [1.54, 1.807) is 12.1 Å². The molecular formula is C18H29F2IN4O2. The van der Waals surface area contributed by atoms with Crippen molar-refractivity contribution in [3.05, 3.63) is 23.8 Å². The second-order valence-corrected chi connectivity index (χ2v) is 6.19. The summed E-state index contributed by atoms with van der Waals surface area (Å²) in [6.45, 7) is 2.68. The number of likely N-dealkylation sites (N-methyl/N-ethyl adjacent to an activating group) is 1. The highest BCUT2D eigenvalue weighted by atomic mass is 127. The predicted molar refractivity (Wildman–Crippen MR) is 114 cm³/mol. The molecule has 3 N–H and O–H groups in total. The molecule has 1 aromatic carbocycles. The Morgan fingerprint density at radius 1 is 1.41 bits per heavy atom. The van der Waals surface area contributed by atoms with E-state index in [0.717, 1.165) is 25.1 Å². The molecular weight excluding hydrogens is 469 g/mol. The lowest BCUT2D eigenvalue weighted by Crippen LogP contribution is -2.36. The van der Waals surface area contributed by atoms with Crippen molar-refractivity contribution in [3.8, 4) is 11.5 Å². The fourth-order valence-electron chi connectivity index (χ4n) is 3.18. The number of hydrogen-bond acceptors (Lipinski definition) is 4. The molecule has 0 amide bonds. The van der Waals surface area contributed by atoms with Crippen molar-refractivity contribution < 1.29 is 18.3 Å². The molecule has 9 heteroatoms. The van der Waals surface area contributed by atoms with Crippen molar-refractivity contribution in [2.24, 2.45) is 10.7 Å². The van der Waals surface area contributed by atoms with Crippen LogP contribution in [0.1, 0.15) is 25.3 Å². The molecule has 0 saturated carbocycles. The molecule has 0 aromatic heterocycles. The van der Waals surface area contributed by atoms with E-state index in [2.05, 4.69) is 26.9 Å². The van der Waals surface area contributed by atoms with Gasteiger partial charge in [0.05, 0.1) is 13.7 Å². The number of nitrogens with one attached hydrogen (secondary N) is 1. The van der Waals surface area contributed by atoms with Gasteiger partial charge in [0, 0.05) is 12.6 Å². The minimum Gasteiger partial charge on any atom is -0.493 e. The number of rotatable bonds is 9. The molecule has 1 aromatic rings. The Morgan fingerprint density at radius 2 is 2.19 bits per heavy atom. The number of nitrogens with zero attached hydrogens (tertiary/aromatic N) is 2. The van der Waals surface area contributed by atoms with Gasteiger partial charge in [-0.05, 0) is 50.0 Å². The first-order valence-corrected chi connectivity index (χ1v) is 8.93. The number of alkyl halides is 2. The van der Waals surface area contributed by atoms with Gasteiger partial charge in [-0.1, -0.05) is 13.0 Å². The molecule has 1 aliphatic heterocycles. The van der Waals surface area contributed by atoms with Crippen molar-refractivity contribution in [2.75, 3.05) is 33.3 Å². The Kier molecular flexibility index (Phi) is 10.7. The average molecular weight is 498 g/mol. The normalized spacial score (nSPS) is 17.7. The maximum Gasteiger partial charge on any atom is 0.387 e. The van der Waals surface area contributed by atoms with E-state index in [0.29, 0.717) is 31.5 Å². The van der Waals surface area contributed by atoms with E-state index >= 15 is 0 Å². The number of guanidine groups is 1. The Balaban J connectivity index is 0.00000364. The number of hydrogen-bond donors (Lipinski definition) is 2. The first-order chi connectivity index (χ1) is 12.5. The molecule has 0 aliphatic carbocycles. The van der Waals surface area contributed by atoms with Crippen molar-refractivity contribution >= 4 is 29.9 Å². The molecule has 0 radical (unpaired) electrons. The largest absolute Gasteiger partial charge is 0.493 e. The maximum absolute atomic E-state index is 12.5. The summed E-state index contributed by atoms with van der Waals surface area (Å²) < 4.78 is 34.4. The van der Waals surface area contributed by atoms with Crippen LogP contribution in [0.15, 0.2) is 23.2 Å². The number of ether oxygens (including phenoxy) is 2. The number of likely N-dealkylation sites (tertiary alicyclic amines) is 1. The Bertz CT molecular complexity index is 605.